The Morgan fingerprint density at radius 1 is 1.00 bits per heavy atom. The van der Waals surface area contributed by atoms with Crippen LogP contribution in [0.1, 0.15) is 21.5 Å². The van der Waals surface area contributed by atoms with Crippen LogP contribution in [0.3, 0.4) is 0 Å². The molecule has 0 fully saturated rings. The molecule has 0 aliphatic heterocycles. The van der Waals surface area contributed by atoms with Crippen molar-refractivity contribution in [1.29, 1.82) is 0 Å². The molecule has 3 aromatic carbocycles. The summed E-state index contributed by atoms with van der Waals surface area (Å²) < 4.78 is 6.69. The van der Waals surface area contributed by atoms with Gasteiger partial charge in [0.05, 0.1) is 6.54 Å². The topological polar surface area (TPSA) is 58.6 Å². The molecule has 0 heterocycles. The fourth-order valence-electron chi connectivity index (χ4n) is 2.90. The number of anilines is 1. The first-order valence-corrected chi connectivity index (χ1v) is 10.3. The molecule has 30 heavy (non-hydrogen) atoms. The van der Waals surface area contributed by atoms with Crippen molar-refractivity contribution in [2.75, 3.05) is 18.9 Å². The van der Waals surface area contributed by atoms with E-state index in [1.54, 1.807) is 31.3 Å². The molecule has 3 rings (SSSR count). The number of hydrogen-bond donors (Lipinski definition) is 1. The maximum atomic E-state index is 12.6. The molecule has 5 nitrogen and oxygen atoms in total. The molecule has 0 bridgehead atoms. The summed E-state index contributed by atoms with van der Waals surface area (Å²) in [5, 5.41) is 2.84. The van der Waals surface area contributed by atoms with Gasteiger partial charge < -0.3 is 15.0 Å². The summed E-state index contributed by atoms with van der Waals surface area (Å²) in [5.41, 5.74) is 3.24. The highest BCUT2D eigenvalue weighted by atomic mass is 79.9. The number of nitrogens with zero attached hydrogens (tertiary/aromatic N) is 1. The number of amides is 2. The first kappa shape index (κ1) is 21.6. The second-order valence-corrected chi connectivity index (χ2v) is 7.88. The van der Waals surface area contributed by atoms with Gasteiger partial charge in [0.25, 0.3) is 5.91 Å². The quantitative estimate of drug-likeness (QED) is 0.529. The van der Waals surface area contributed by atoms with Gasteiger partial charge in [-0.05, 0) is 60.5 Å². The minimum absolute atomic E-state index is 0.0411. The van der Waals surface area contributed by atoms with Gasteiger partial charge in [0.15, 0.2) is 0 Å². The molecule has 0 aliphatic rings. The predicted molar refractivity (Wildman–Crippen MR) is 122 cm³/mol. The lowest BCUT2D eigenvalue weighted by Gasteiger charge is -2.18. The second kappa shape index (κ2) is 10.1. The molecule has 0 saturated carbocycles. The van der Waals surface area contributed by atoms with Crippen molar-refractivity contribution in [2.45, 2.75) is 13.5 Å². The average molecular weight is 467 g/mol. The molecule has 3 aromatic rings. The number of carbonyl (C=O) groups is 2. The number of hydrogen-bond acceptors (Lipinski definition) is 3. The lowest BCUT2D eigenvalue weighted by molar-refractivity contribution is -0.116. The van der Waals surface area contributed by atoms with Crippen molar-refractivity contribution in [1.82, 2.24) is 4.90 Å². The number of halogens is 1. The van der Waals surface area contributed by atoms with E-state index in [9.17, 15) is 9.59 Å². The van der Waals surface area contributed by atoms with Crippen LogP contribution in [0.25, 0.3) is 0 Å². The Kier molecular flexibility index (Phi) is 7.25. The SMILES string of the molecule is Cc1cc(Br)ccc1NC(=O)CN(C)C(=O)c1ccc(OCc2ccccc2)cc1. The molecule has 0 atom stereocenters. The summed E-state index contributed by atoms with van der Waals surface area (Å²) in [7, 11) is 1.61. The van der Waals surface area contributed by atoms with E-state index < -0.39 is 0 Å². The normalized spacial score (nSPS) is 10.4. The highest BCUT2D eigenvalue weighted by Gasteiger charge is 2.15. The van der Waals surface area contributed by atoms with Crippen molar-refractivity contribution in [3.63, 3.8) is 0 Å². The molecule has 0 unspecified atom stereocenters. The number of carbonyl (C=O) groups excluding carboxylic acids is 2. The van der Waals surface area contributed by atoms with Crippen LogP contribution < -0.4 is 10.1 Å². The number of nitrogens with one attached hydrogen (secondary N) is 1. The molecule has 154 valence electrons. The monoisotopic (exact) mass is 466 g/mol. The maximum Gasteiger partial charge on any atom is 0.254 e. The summed E-state index contributed by atoms with van der Waals surface area (Å²) in [6.07, 6.45) is 0. The fraction of sp³-hybridized carbons (Fsp3) is 0.167. The van der Waals surface area contributed by atoms with E-state index in [1.807, 2.05) is 55.5 Å². The summed E-state index contributed by atoms with van der Waals surface area (Å²) >= 11 is 3.40. The highest BCUT2D eigenvalue weighted by molar-refractivity contribution is 9.10. The van der Waals surface area contributed by atoms with Crippen molar-refractivity contribution >= 4 is 33.4 Å². The molecule has 0 spiro atoms. The summed E-state index contributed by atoms with van der Waals surface area (Å²) in [6.45, 7) is 2.33. The standard InChI is InChI=1S/C24H23BrN2O3/c1-17-14-20(25)10-13-22(17)26-23(28)15-27(2)24(29)19-8-11-21(12-9-19)30-16-18-6-4-3-5-7-18/h3-14H,15-16H2,1-2H3,(H,26,28). The van der Waals surface area contributed by atoms with Crippen LogP contribution in [0.5, 0.6) is 5.75 Å². The average Bonchev–Trinajstić information content (AvgIpc) is 2.75. The summed E-state index contributed by atoms with van der Waals surface area (Å²) in [6, 6.07) is 22.4. The lowest BCUT2D eigenvalue weighted by Crippen LogP contribution is -2.35. The van der Waals surface area contributed by atoms with E-state index in [0.29, 0.717) is 17.9 Å². The van der Waals surface area contributed by atoms with Gasteiger partial charge in [-0.25, -0.2) is 0 Å². The van der Waals surface area contributed by atoms with Gasteiger partial charge >= 0.3 is 0 Å². The van der Waals surface area contributed by atoms with E-state index in [4.69, 9.17) is 4.74 Å². The second-order valence-electron chi connectivity index (χ2n) is 6.97. The van der Waals surface area contributed by atoms with Gasteiger partial charge in [-0.1, -0.05) is 46.3 Å². The van der Waals surface area contributed by atoms with Crippen LogP contribution >= 0.6 is 15.9 Å². The zero-order valence-electron chi connectivity index (χ0n) is 16.9. The Balaban J connectivity index is 1.54. The van der Waals surface area contributed by atoms with E-state index in [-0.39, 0.29) is 18.4 Å². The molecular weight excluding hydrogens is 444 g/mol. The van der Waals surface area contributed by atoms with Gasteiger partial charge in [-0.3, -0.25) is 9.59 Å². The minimum Gasteiger partial charge on any atom is -0.489 e. The Hall–Kier alpha value is -3.12. The predicted octanol–water partition coefficient (Wildman–Crippen LogP) is 5.05. The number of likely N-dealkylation sites (N-methyl/N-ethyl adjacent to an activating group) is 1. The third-order valence-corrected chi connectivity index (χ3v) is 5.03. The highest BCUT2D eigenvalue weighted by Crippen LogP contribution is 2.20. The van der Waals surface area contributed by atoms with Crippen molar-refractivity contribution in [3.05, 3.63) is 94.0 Å². The molecular formula is C24H23BrN2O3. The summed E-state index contributed by atoms with van der Waals surface area (Å²) in [4.78, 5) is 26.4. The Bertz CT molecular complexity index is 1020. The first-order valence-electron chi connectivity index (χ1n) is 9.50. The number of benzene rings is 3. The van der Waals surface area contributed by atoms with Crippen LogP contribution in [0, 0.1) is 6.92 Å². The van der Waals surface area contributed by atoms with Crippen LogP contribution in [0.4, 0.5) is 5.69 Å². The van der Waals surface area contributed by atoms with Crippen molar-refractivity contribution in [3.8, 4) is 5.75 Å². The lowest BCUT2D eigenvalue weighted by atomic mass is 10.2. The molecule has 6 heteroatoms. The summed E-state index contributed by atoms with van der Waals surface area (Å²) in [5.74, 6) is 0.202. The Labute approximate surface area is 184 Å². The van der Waals surface area contributed by atoms with Crippen LogP contribution in [-0.4, -0.2) is 30.3 Å². The zero-order chi connectivity index (χ0) is 21.5. The molecule has 0 aromatic heterocycles. The number of aryl methyl sites for hydroxylation is 1. The minimum atomic E-state index is -0.251. The van der Waals surface area contributed by atoms with Crippen molar-refractivity contribution in [2.24, 2.45) is 0 Å². The molecule has 1 N–H and O–H groups in total. The molecule has 0 saturated heterocycles. The van der Waals surface area contributed by atoms with Gasteiger partial charge in [0.1, 0.15) is 12.4 Å². The van der Waals surface area contributed by atoms with E-state index in [0.717, 1.165) is 21.3 Å². The maximum absolute atomic E-state index is 12.6. The molecule has 0 aliphatic carbocycles. The first-order chi connectivity index (χ1) is 14.4. The van der Waals surface area contributed by atoms with E-state index in [2.05, 4.69) is 21.2 Å². The van der Waals surface area contributed by atoms with Crippen LogP contribution in [0.15, 0.2) is 77.3 Å². The van der Waals surface area contributed by atoms with Gasteiger partial charge in [0, 0.05) is 22.8 Å². The number of ether oxygens (including phenoxy) is 1. The molecule has 2 amide bonds. The van der Waals surface area contributed by atoms with Gasteiger partial charge in [-0.2, -0.15) is 0 Å². The van der Waals surface area contributed by atoms with Crippen LogP contribution in [-0.2, 0) is 11.4 Å². The van der Waals surface area contributed by atoms with E-state index >= 15 is 0 Å². The molecule has 0 radical (unpaired) electrons. The van der Waals surface area contributed by atoms with Gasteiger partial charge in [-0.15, -0.1) is 0 Å². The third-order valence-electron chi connectivity index (χ3n) is 4.54. The van der Waals surface area contributed by atoms with Crippen LogP contribution in [0.2, 0.25) is 0 Å². The Morgan fingerprint density at radius 2 is 1.70 bits per heavy atom. The van der Waals surface area contributed by atoms with Crippen molar-refractivity contribution < 1.29 is 14.3 Å². The van der Waals surface area contributed by atoms with Gasteiger partial charge in [0.2, 0.25) is 5.91 Å². The van der Waals surface area contributed by atoms with E-state index in [1.165, 1.54) is 4.90 Å². The smallest absolute Gasteiger partial charge is 0.254 e. The number of rotatable bonds is 7. The third kappa shape index (κ3) is 5.94. The Morgan fingerprint density at radius 3 is 2.37 bits per heavy atom. The fourth-order valence-corrected chi connectivity index (χ4v) is 3.37. The largest absolute Gasteiger partial charge is 0.489 e. The zero-order valence-corrected chi connectivity index (χ0v) is 18.5.